The van der Waals surface area contributed by atoms with Crippen LogP contribution < -0.4 is 10.1 Å². The molecular formula is C19H19N3O2. The molecule has 0 unspecified atom stereocenters. The second kappa shape index (κ2) is 5.67. The lowest BCUT2D eigenvalue weighted by Crippen LogP contribution is -2.34. The molecule has 1 amide bonds. The zero-order valence-electron chi connectivity index (χ0n) is 13.5. The van der Waals surface area contributed by atoms with Crippen LogP contribution in [0.1, 0.15) is 24.0 Å². The highest BCUT2D eigenvalue weighted by molar-refractivity contribution is 5.97. The summed E-state index contributed by atoms with van der Waals surface area (Å²) >= 11 is 0. The average molecular weight is 321 g/mol. The number of H-pyrrole nitrogens is 1. The molecule has 122 valence electrons. The number of ether oxygens (including phenoxy) is 1. The molecule has 0 atom stereocenters. The largest absolute Gasteiger partial charge is 0.497 e. The Bertz CT molecular complexity index is 882. The Labute approximate surface area is 140 Å². The highest BCUT2D eigenvalue weighted by Crippen LogP contribution is 2.51. The van der Waals surface area contributed by atoms with E-state index >= 15 is 0 Å². The summed E-state index contributed by atoms with van der Waals surface area (Å²) in [5.74, 6) is 0.888. The van der Waals surface area contributed by atoms with E-state index in [1.807, 2.05) is 36.5 Å². The molecule has 1 fully saturated rings. The molecule has 0 radical (unpaired) electrons. The van der Waals surface area contributed by atoms with Crippen LogP contribution in [-0.4, -0.2) is 23.0 Å². The summed E-state index contributed by atoms with van der Waals surface area (Å²) in [6.45, 7) is 0.523. The van der Waals surface area contributed by atoms with Gasteiger partial charge in [0.2, 0.25) is 5.91 Å². The van der Waals surface area contributed by atoms with E-state index in [0.717, 1.165) is 40.6 Å². The van der Waals surface area contributed by atoms with Crippen LogP contribution in [0.3, 0.4) is 0 Å². The minimum Gasteiger partial charge on any atom is -0.497 e. The maximum Gasteiger partial charge on any atom is 0.231 e. The third-order valence-corrected chi connectivity index (χ3v) is 4.79. The maximum atomic E-state index is 12.8. The fraction of sp³-hybridized carbons (Fsp3) is 0.263. The Kier molecular flexibility index (Phi) is 3.49. The van der Waals surface area contributed by atoms with Crippen LogP contribution in [0.15, 0.2) is 48.9 Å². The number of hydrogen-bond donors (Lipinski definition) is 2. The van der Waals surface area contributed by atoms with Crippen LogP contribution in [0, 0.1) is 0 Å². The number of methoxy groups -OCH3 is 1. The van der Waals surface area contributed by atoms with Gasteiger partial charge in [0.1, 0.15) is 5.75 Å². The molecule has 1 aliphatic carbocycles. The predicted molar refractivity (Wildman–Crippen MR) is 91.8 cm³/mol. The highest BCUT2D eigenvalue weighted by atomic mass is 16.5. The first-order valence-corrected chi connectivity index (χ1v) is 8.06. The van der Waals surface area contributed by atoms with Gasteiger partial charge >= 0.3 is 0 Å². The van der Waals surface area contributed by atoms with Crippen molar-refractivity contribution in [2.45, 2.75) is 24.8 Å². The molecule has 2 aromatic heterocycles. The van der Waals surface area contributed by atoms with Crippen molar-refractivity contribution in [2.24, 2.45) is 0 Å². The Morgan fingerprint density at radius 3 is 2.79 bits per heavy atom. The molecular weight excluding hydrogens is 302 g/mol. The van der Waals surface area contributed by atoms with Gasteiger partial charge in [-0.05, 0) is 54.3 Å². The van der Waals surface area contributed by atoms with Gasteiger partial charge in [0, 0.05) is 36.0 Å². The van der Waals surface area contributed by atoms with E-state index in [9.17, 15) is 4.79 Å². The first-order valence-electron chi connectivity index (χ1n) is 8.06. The van der Waals surface area contributed by atoms with Crippen molar-refractivity contribution in [3.63, 3.8) is 0 Å². The lowest BCUT2D eigenvalue weighted by molar-refractivity contribution is -0.123. The number of amides is 1. The SMILES string of the molecule is COc1ccc2[nH]cc(C3(C(=O)NCc4ccncc4)CC3)c2c1. The molecule has 2 N–H and O–H groups in total. The van der Waals surface area contributed by atoms with E-state index in [0.29, 0.717) is 6.54 Å². The number of carbonyl (C=O) groups excluding carboxylic acids is 1. The van der Waals surface area contributed by atoms with Gasteiger partial charge in [-0.1, -0.05) is 0 Å². The number of aromatic nitrogens is 2. The van der Waals surface area contributed by atoms with E-state index in [1.54, 1.807) is 19.5 Å². The zero-order chi connectivity index (χ0) is 16.6. The number of nitrogens with one attached hydrogen (secondary N) is 2. The van der Waals surface area contributed by atoms with Crippen molar-refractivity contribution in [3.05, 3.63) is 60.0 Å². The molecule has 3 aromatic rings. The number of carbonyl (C=O) groups is 1. The highest BCUT2D eigenvalue weighted by Gasteiger charge is 2.52. The lowest BCUT2D eigenvalue weighted by atomic mass is 9.94. The summed E-state index contributed by atoms with van der Waals surface area (Å²) in [5.41, 5.74) is 2.72. The maximum absolute atomic E-state index is 12.8. The van der Waals surface area contributed by atoms with Crippen LogP contribution >= 0.6 is 0 Å². The molecule has 1 saturated carbocycles. The van der Waals surface area contributed by atoms with E-state index in [4.69, 9.17) is 4.74 Å². The van der Waals surface area contributed by atoms with Crippen LogP contribution in [-0.2, 0) is 16.8 Å². The minimum absolute atomic E-state index is 0.0861. The van der Waals surface area contributed by atoms with Crippen molar-refractivity contribution < 1.29 is 9.53 Å². The quantitative estimate of drug-likeness (QED) is 0.759. The summed E-state index contributed by atoms with van der Waals surface area (Å²) in [7, 11) is 1.65. The molecule has 4 rings (SSSR count). The van der Waals surface area contributed by atoms with Crippen LogP contribution in [0.5, 0.6) is 5.75 Å². The molecule has 0 aliphatic heterocycles. The van der Waals surface area contributed by atoms with Crippen molar-refractivity contribution in [1.82, 2.24) is 15.3 Å². The topological polar surface area (TPSA) is 67.0 Å². The first kappa shape index (κ1) is 14.8. The number of benzene rings is 1. The summed E-state index contributed by atoms with van der Waals surface area (Å²) in [5, 5.41) is 4.13. The number of rotatable bonds is 5. The van der Waals surface area contributed by atoms with Crippen molar-refractivity contribution >= 4 is 16.8 Å². The summed E-state index contributed by atoms with van der Waals surface area (Å²) in [4.78, 5) is 20.1. The molecule has 5 nitrogen and oxygen atoms in total. The summed E-state index contributed by atoms with van der Waals surface area (Å²) in [6.07, 6.45) is 7.18. The smallest absolute Gasteiger partial charge is 0.231 e. The fourth-order valence-electron chi connectivity index (χ4n) is 3.22. The van der Waals surface area contributed by atoms with Gasteiger partial charge < -0.3 is 15.0 Å². The molecule has 0 bridgehead atoms. The lowest BCUT2D eigenvalue weighted by Gasteiger charge is -2.15. The molecule has 5 heteroatoms. The van der Waals surface area contributed by atoms with Gasteiger partial charge in [-0.25, -0.2) is 0 Å². The van der Waals surface area contributed by atoms with Gasteiger partial charge in [0.05, 0.1) is 12.5 Å². The van der Waals surface area contributed by atoms with Crippen molar-refractivity contribution in [2.75, 3.05) is 7.11 Å². The third kappa shape index (κ3) is 2.42. The van der Waals surface area contributed by atoms with Crippen molar-refractivity contribution in [3.8, 4) is 5.75 Å². The van der Waals surface area contributed by atoms with E-state index < -0.39 is 5.41 Å². The molecule has 1 aromatic carbocycles. The van der Waals surface area contributed by atoms with Crippen LogP contribution in [0.2, 0.25) is 0 Å². The van der Waals surface area contributed by atoms with Gasteiger partial charge in [0.15, 0.2) is 0 Å². The van der Waals surface area contributed by atoms with E-state index in [1.165, 1.54) is 0 Å². The van der Waals surface area contributed by atoms with Gasteiger partial charge in [0.25, 0.3) is 0 Å². The average Bonchev–Trinajstić information content (AvgIpc) is 3.33. The number of pyridine rings is 1. The van der Waals surface area contributed by atoms with E-state index in [-0.39, 0.29) is 5.91 Å². The van der Waals surface area contributed by atoms with Gasteiger partial charge in [-0.3, -0.25) is 9.78 Å². The molecule has 0 saturated heterocycles. The Balaban J connectivity index is 1.60. The summed E-state index contributed by atoms with van der Waals surface area (Å²) < 4.78 is 5.33. The van der Waals surface area contributed by atoms with Gasteiger partial charge in [-0.2, -0.15) is 0 Å². The Hall–Kier alpha value is -2.82. The van der Waals surface area contributed by atoms with Crippen LogP contribution in [0.25, 0.3) is 10.9 Å². The number of nitrogens with zero attached hydrogens (tertiary/aromatic N) is 1. The van der Waals surface area contributed by atoms with Gasteiger partial charge in [-0.15, -0.1) is 0 Å². The Morgan fingerprint density at radius 2 is 2.08 bits per heavy atom. The molecule has 1 aliphatic rings. The number of aromatic amines is 1. The molecule has 0 spiro atoms. The number of hydrogen-bond acceptors (Lipinski definition) is 3. The third-order valence-electron chi connectivity index (χ3n) is 4.79. The predicted octanol–water partition coefficient (Wildman–Crippen LogP) is 2.92. The standard InChI is InChI=1S/C19H19N3O2/c1-24-14-2-3-17-15(10-14)16(12-21-17)19(6-7-19)18(23)22-11-13-4-8-20-9-5-13/h2-5,8-10,12,21H,6-7,11H2,1H3,(H,22,23). The first-order chi connectivity index (χ1) is 11.7. The van der Waals surface area contributed by atoms with Crippen LogP contribution in [0.4, 0.5) is 0 Å². The second-order valence-corrected chi connectivity index (χ2v) is 6.23. The minimum atomic E-state index is -0.419. The zero-order valence-corrected chi connectivity index (χ0v) is 13.5. The second-order valence-electron chi connectivity index (χ2n) is 6.23. The van der Waals surface area contributed by atoms with Crippen molar-refractivity contribution in [1.29, 1.82) is 0 Å². The number of fused-ring (bicyclic) bond motifs is 1. The normalized spacial score (nSPS) is 15.2. The monoisotopic (exact) mass is 321 g/mol. The molecule has 24 heavy (non-hydrogen) atoms. The summed E-state index contributed by atoms with van der Waals surface area (Å²) in [6, 6.07) is 9.73. The molecule has 2 heterocycles. The van der Waals surface area contributed by atoms with E-state index in [2.05, 4.69) is 15.3 Å². The fourth-order valence-corrected chi connectivity index (χ4v) is 3.22. The Morgan fingerprint density at radius 1 is 1.29 bits per heavy atom.